The molecule has 0 saturated carbocycles. The Labute approximate surface area is 169 Å². The van der Waals surface area contributed by atoms with Gasteiger partial charge in [-0.1, -0.05) is 36.4 Å². The van der Waals surface area contributed by atoms with Crippen molar-refractivity contribution >= 4 is 0 Å². The van der Waals surface area contributed by atoms with E-state index in [0.29, 0.717) is 18.3 Å². The maximum absolute atomic E-state index is 10.4. The van der Waals surface area contributed by atoms with E-state index in [0.717, 1.165) is 36.5 Å². The van der Waals surface area contributed by atoms with E-state index in [-0.39, 0.29) is 0 Å². The highest BCUT2D eigenvalue weighted by Crippen LogP contribution is 2.31. The Hall–Kier alpha value is -2.52. The van der Waals surface area contributed by atoms with Crippen molar-refractivity contribution in [1.29, 1.82) is 0 Å². The molecule has 0 fully saturated rings. The Morgan fingerprint density at radius 3 is 2.46 bits per heavy atom. The molecule has 0 unspecified atom stereocenters. The third-order valence-corrected chi connectivity index (χ3v) is 5.32. The van der Waals surface area contributed by atoms with Crippen molar-refractivity contribution in [2.24, 2.45) is 0 Å². The predicted octanol–water partition coefficient (Wildman–Crippen LogP) is 6.20. The van der Waals surface area contributed by atoms with Gasteiger partial charge in [-0.05, 0) is 75.4 Å². The lowest BCUT2D eigenvalue weighted by Gasteiger charge is -2.27. The fraction of sp³-hybridized carbons (Fsp3) is 0.360. The zero-order valence-electron chi connectivity index (χ0n) is 17.4. The van der Waals surface area contributed by atoms with Crippen molar-refractivity contribution < 1.29 is 9.84 Å². The van der Waals surface area contributed by atoms with Gasteiger partial charge in [0.2, 0.25) is 0 Å². The molecule has 0 saturated heterocycles. The molecule has 0 bridgehead atoms. The van der Waals surface area contributed by atoms with Gasteiger partial charge in [0, 0.05) is 24.7 Å². The molecular formula is C25H31NO2. The molecule has 1 aliphatic carbocycles. The lowest BCUT2D eigenvalue weighted by molar-refractivity contribution is 0.201. The molecular weight excluding hydrogens is 346 g/mol. The second kappa shape index (κ2) is 9.11. The van der Waals surface area contributed by atoms with E-state index in [4.69, 9.17) is 4.74 Å². The molecule has 0 heterocycles. The summed E-state index contributed by atoms with van der Waals surface area (Å²) in [6.07, 6.45) is 4.34. The van der Waals surface area contributed by atoms with Crippen LogP contribution in [0.25, 0.3) is 0 Å². The van der Waals surface area contributed by atoms with Crippen LogP contribution < -0.4 is 4.74 Å². The number of phenols is 1. The smallest absolute Gasteiger partial charge is 0.128 e. The maximum Gasteiger partial charge on any atom is 0.128 e. The van der Waals surface area contributed by atoms with Crippen LogP contribution in [0.5, 0.6) is 11.5 Å². The number of aromatic hydroxyl groups is 1. The zero-order chi connectivity index (χ0) is 20.1. The topological polar surface area (TPSA) is 32.7 Å². The lowest BCUT2D eigenvalue weighted by atomic mass is 9.99. The van der Waals surface area contributed by atoms with Crippen LogP contribution in [0.3, 0.4) is 0 Å². The summed E-state index contributed by atoms with van der Waals surface area (Å²) in [5.74, 6) is 2.06. The molecule has 3 heteroatoms. The Morgan fingerprint density at radius 1 is 1.04 bits per heavy atom. The number of benzene rings is 2. The van der Waals surface area contributed by atoms with Gasteiger partial charge in [-0.2, -0.15) is 0 Å². The molecule has 0 atom stereocenters. The van der Waals surface area contributed by atoms with Crippen LogP contribution in [0.4, 0.5) is 0 Å². The number of rotatable bonds is 7. The van der Waals surface area contributed by atoms with E-state index in [1.165, 1.54) is 16.7 Å². The number of allylic oxidation sites excluding steroid dienone is 3. The van der Waals surface area contributed by atoms with Crippen molar-refractivity contribution in [2.45, 2.75) is 59.7 Å². The zero-order valence-corrected chi connectivity index (χ0v) is 17.4. The summed E-state index contributed by atoms with van der Waals surface area (Å²) >= 11 is 0. The minimum atomic E-state index is 0.313. The molecule has 28 heavy (non-hydrogen) atoms. The molecule has 2 aromatic rings. The largest absolute Gasteiger partial charge is 0.508 e. The van der Waals surface area contributed by atoms with Crippen LogP contribution >= 0.6 is 0 Å². The van der Waals surface area contributed by atoms with Gasteiger partial charge < -0.3 is 9.84 Å². The summed E-state index contributed by atoms with van der Waals surface area (Å²) in [7, 11) is 0. The van der Waals surface area contributed by atoms with Gasteiger partial charge >= 0.3 is 0 Å². The van der Waals surface area contributed by atoms with E-state index in [2.05, 4.69) is 62.9 Å². The first-order chi connectivity index (χ1) is 13.4. The van der Waals surface area contributed by atoms with Crippen molar-refractivity contribution in [3.05, 3.63) is 82.6 Å². The first-order valence-corrected chi connectivity index (χ1v) is 10.1. The first-order valence-electron chi connectivity index (χ1n) is 10.1. The van der Waals surface area contributed by atoms with Crippen molar-refractivity contribution in [2.75, 3.05) is 0 Å². The summed E-state index contributed by atoms with van der Waals surface area (Å²) in [6, 6.07) is 16.4. The number of nitrogens with zero attached hydrogens (tertiary/aromatic N) is 1. The van der Waals surface area contributed by atoms with Gasteiger partial charge in [-0.25, -0.2) is 0 Å². The van der Waals surface area contributed by atoms with Crippen LogP contribution in [-0.2, 0) is 13.1 Å². The molecule has 3 rings (SSSR count). The van der Waals surface area contributed by atoms with Crippen molar-refractivity contribution in [3.63, 3.8) is 0 Å². The maximum atomic E-state index is 10.4. The third kappa shape index (κ3) is 5.05. The standard InChI is InChI=1S/C25H31NO2/c1-18(2)26(16-21-11-6-5-7-12-21)17-22-15-23(13-14-24(22)27)28-25-19(3)9-8-10-20(25)4/h5-7,9,11-15,18,27H,8,10,16-17H2,1-4H3. The number of ether oxygens (including phenoxy) is 1. The highest BCUT2D eigenvalue weighted by Gasteiger charge is 2.16. The quantitative estimate of drug-likeness (QED) is 0.624. The van der Waals surface area contributed by atoms with Crippen LogP contribution in [0.2, 0.25) is 0 Å². The average Bonchev–Trinajstić information content (AvgIpc) is 2.67. The van der Waals surface area contributed by atoms with Crippen molar-refractivity contribution in [1.82, 2.24) is 4.90 Å². The molecule has 3 nitrogen and oxygen atoms in total. The minimum absolute atomic E-state index is 0.313. The summed E-state index contributed by atoms with van der Waals surface area (Å²) < 4.78 is 6.22. The Balaban J connectivity index is 1.79. The molecule has 0 aliphatic heterocycles. The summed E-state index contributed by atoms with van der Waals surface area (Å²) in [6.45, 7) is 10.1. The monoisotopic (exact) mass is 377 g/mol. The third-order valence-electron chi connectivity index (χ3n) is 5.32. The van der Waals surface area contributed by atoms with Gasteiger partial charge in [-0.15, -0.1) is 0 Å². The number of phenolic OH excluding ortho intramolecular Hbond substituents is 1. The second-order valence-electron chi connectivity index (χ2n) is 7.91. The second-order valence-corrected chi connectivity index (χ2v) is 7.91. The molecule has 0 spiro atoms. The van der Waals surface area contributed by atoms with Crippen LogP contribution in [0, 0.1) is 0 Å². The normalized spacial score (nSPS) is 14.6. The molecule has 1 N–H and O–H groups in total. The molecule has 0 aromatic heterocycles. The molecule has 148 valence electrons. The molecule has 1 aliphatic rings. The summed E-state index contributed by atoms with van der Waals surface area (Å²) in [4.78, 5) is 2.35. The van der Waals surface area contributed by atoms with Gasteiger partial charge in [0.05, 0.1) is 0 Å². The van der Waals surface area contributed by atoms with Crippen LogP contribution in [0.15, 0.2) is 71.5 Å². The van der Waals surface area contributed by atoms with E-state index in [1.807, 2.05) is 18.2 Å². The van der Waals surface area contributed by atoms with E-state index >= 15 is 0 Å². The Bertz CT molecular complexity index is 865. The van der Waals surface area contributed by atoms with Crippen LogP contribution in [0.1, 0.15) is 51.7 Å². The fourth-order valence-corrected chi connectivity index (χ4v) is 3.54. The van der Waals surface area contributed by atoms with Gasteiger partial charge in [-0.3, -0.25) is 4.90 Å². The highest BCUT2D eigenvalue weighted by atomic mass is 16.5. The number of hydrogen-bond acceptors (Lipinski definition) is 3. The first kappa shape index (κ1) is 20.2. The molecule has 2 aromatic carbocycles. The van der Waals surface area contributed by atoms with E-state index in [9.17, 15) is 5.11 Å². The van der Waals surface area contributed by atoms with Crippen molar-refractivity contribution in [3.8, 4) is 11.5 Å². The molecule has 0 radical (unpaired) electrons. The predicted molar refractivity (Wildman–Crippen MR) is 115 cm³/mol. The van der Waals surface area contributed by atoms with Crippen LogP contribution in [-0.4, -0.2) is 16.0 Å². The Kier molecular flexibility index (Phi) is 6.58. The van der Waals surface area contributed by atoms with Gasteiger partial charge in [0.1, 0.15) is 17.3 Å². The average molecular weight is 378 g/mol. The van der Waals surface area contributed by atoms with E-state index < -0.39 is 0 Å². The number of hydrogen-bond donors (Lipinski definition) is 1. The minimum Gasteiger partial charge on any atom is -0.508 e. The summed E-state index contributed by atoms with van der Waals surface area (Å²) in [5, 5.41) is 10.4. The van der Waals surface area contributed by atoms with Gasteiger partial charge in [0.15, 0.2) is 0 Å². The molecule has 0 amide bonds. The SMILES string of the molecule is CC1=CCCC(C)=C1Oc1ccc(O)c(CN(Cc2ccccc2)C(C)C)c1. The van der Waals surface area contributed by atoms with E-state index in [1.54, 1.807) is 6.07 Å². The fourth-order valence-electron chi connectivity index (χ4n) is 3.54. The Morgan fingerprint density at radius 2 is 1.79 bits per heavy atom. The summed E-state index contributed by atoms with van der Waals surface area (Å²) in [5.41, 5.74) is 4.62. The lowest BCUT2D eigenvalue weighted by Crippen LogP contribution is -2.29. The van der Waals surface area contributed by atoms with Gasteiger partial charge in [0.25, 0.3) is 0 Å². The highest BCUT2D eigenvalue weighted by molar-refractivity contribution is 5.42.